The van der Waals surface area contributed by atoms with Gasteiger partial charge in [0.2, 0.25) is 0 Å². The molecule has 1 aliphatic carbocycles. The molecule has 96 valence electrons. The SMILES string of the molecule is Cc1ccc(Cl)c(C=CCOC(=O)CC2CC2)c1. The summed E-state index contributed by atoms with van der Waals surface area (Å²) in [5, 5.41) is 0.709. The zero-order valence-corrected chi connectivity index (χ0v) is 11.2. The van der Waals surface area contributed by atoms with E-state index in [0.29, 0.717) is 24.0 Å². The Kier molecular flexibility index (Phi) is 4.43. The predicted molar refractivity (Wildman–Crippen MR) is 73.5 cm³/mol. The highest BCUT2D eigenvalue weighted by Gasteiger charge is 2.24. The van der Waals surface area contributed by atoms with Crippen molar-refractivity contribution in [2.45, 2.75) is 26.2 Å². The Morgan fingerprint density at radius 2 is 2.28 bits per heavy atom. The number of halogens is 1. The van der Waals surface area contributed by atoms with Crippen LogP contribution in [0.3, 0.4) is 0 Å². The van der Waals surface area contributed by atoms with Crippen LogP contribution in [0.1, 0.15) is 30.4 Å². The molecule has 0 unspecified atom stereocenters. The molecule has 0 amide bonds. The zero-order chi connectivity index (χ0) is 13.0. The highest BCUT2D eigenvalue weighted by atomic mass is 35.5. The van der Waals surface area contributed by atoms with Crippen LogP contribution in [0, 0.1) is 12.8 Å². The maximum Gasteiger partial charge on any atom is 0.306 e. The summed E-state index contributed by atoms with van der Waals surface area (Å²) >= 11 is 6.06. The molecule has 1 saturated carbocycles. The average Bonchev–Trinajstić information content (AvgIpc) is 3.13. The van der Waals surface area contributed by atoms with Crippen LogP contribution in [0.4, 0.5) is 0 Å². The fourth-order valence-electron chi connectivity index (χ4n) is 1.72. The van der Waals surface area contributed by atoms with E-state index in [1.807, 2.05) is 37.3 Å². The molecule has 18 heavy (non-hydrogen) atoms. The number of carbonyl (C=O) groups is 1. The van der Waals surface area contributed by atoms with E-state index in [9.17, 15) is 4.79 Å². The number of rotatable bonds is 5. The van der Waals surface area contributed by atoms with Crippen LogP contribution >= 0.6 is 11.6 Å². The second kappa shape index (κ2) is 6.05. The number of benzene rings is 1. The zero-order valence-electron chi connectivity index (χ0n) is 10.5. The van der Waals surface area contributed by atoms with Gasteiger partial charge in [-0.2, -0.15) is 0 Å². The number of carbonyl (C=O) groups excluding carboxylic acids is 1. The first-order valence-corrected chi connectivity index (χ1v) is 6.61. The fraction of sp³-hybridized carbons (Fsp3) is 0.400. The Labute approximate surface area is 113 Å². The van der Waals surface area contributed by atoms with E-state index in [1.165, 1.54) is 12.8 Å². The lowest BCUT2D eigenvalue weighted by Gasteiger charge is -2.01. The van der Waals surface area contributed by atoms with Crippen LogP contribution in [0.2, 0.25) is 5.02 Å². The van der Waals surface area contributed by atoms with Gasteiger partial charge in [-0.1, -0.05) is 35.4 Å². The normalized spacial score (nSPS) is 15.0. The largest absolute Gasteiger partial charge is 0.461 e. The highest BCUT2D eigenvalue weighted by Crippen LogP contribution is 2.32. The molecule has 0 aliphatic heterocycles. The minimum atomic E-state index is -0.0995. The lowest BCUT2D eigenvalue weighted by atomic mass is 10.1. The molecule has 0 heterocycles. The minimum Gasteiger partial charge on any atom is -0.461 e. The molecule has 0 saturated heterocycles. The Morgan fingerprint density at radius 1 is 1.50 bits per heavy atom. The van der Waals surface area contributed by atoms with Gasteiger partial charge in [0.25, 0.3) is 0 Å². The molecular formula is C15H17ClO2. The molecule has 2 rings (SSSR count). The van der Waals surface area contributed by atoms with Gasteiger partial charge in [0.15, 0.2) is 0 Å². The van der Waals surface area contributed by atoms with Gasteiger partial charge in [0.05, 0.1) is 0 Å². The first-order chi connectivity index (χ1) is 8.65. The molecule has 1 aromatic rings. The molecule has 0 bridgehead atoms. The molecule has 0 N–H and O–H groups in total. The van der Waals surface area contributed by atoms with Gasteiger partial charge in [-0.25, -0.2) is 0 Å². The standard InChI is InChI=1S/C15H17ClO2/c1-11-4-7-14(16)13(9-11)3-2-8-18-15(17)10-12-5-6-12/h2-4,7,9,12H,5-6,8,10H2,1H3. The highest BCUT2D eigenvalue weighted by molar-refractivity contribution is 6.32. The summed E-state index contributed by atoms with van der Waals surface area (Å²) in [7, 11) is 0. The van der Waals surface area contributed by atoms with E-state index < -0.39 is 0 Å². The Bertz CT molecular complexity index is 462. The van der Waals surface area contributed by atoms with Crippen molar-refractivity contribution in [1.82, 2.24) is 0 Å². The number of hydrogen-bond acceptors (Lipinski definition) is 2. The lowest BCUT2D eigenvalue weighted by Crippen LogP contribution is -2.04. The summed E-state index contributed by atoms with van der Waals surface area (Å²) in [6.45, 7) is 2.33. The van der Waals surface area contributed by atoms with Crippen molar-refractivity contribution in [2.24, 2.45) is 5.92 Å². The summed E-state index contributed by atoms with van der Waals surface area (Å²) in [6.07, 6.45) is 6.62. The van der Waals surface area contributed by atoms with Gasteiger partial charge >= 0.3 is 5.97 Å². The molecule has 0 aromatic heterocycles. The van der Waals surface area contributed by atoms with E-state index in [-0.39, 0.29) is 5.97 Å². The van der Waals surface area contributed by atoms with Gasteiger partial charge in [-0.05, 0) is 43.4 Å². The molecule has 0 radical (unpaired) electrons. The Balaban J connectivity index is 1.79. The number of ether oxygens (including phenoxy) is 1. The van der Waals surface area contributed by atoms with Gasteiger partial charge in [0.1, 0.15) is 6.61 Å². The molecule has 0 atom stereocenters. The summed E-state index contributed by atoms with van der Waals surface area (Å²) < 4.78 is 5.12. The molecule has 1 fully saturated rings. The fourth-order valence-corrected chi connectivity index (χ4v) is 1.90. The monoisotopic (exact) mass is 264 g/mol. The van der Waals surface area contributed by atoms with Crippen LogP contribution in [0.5, 0.6) is 0 Å². The van der Waals surface area contributed by atoms with Crippen LogP contribution in [-0.4, -0.2) is 12.6 Å². The summed E-state index contributed by atoms with van der Waals surface area (Å²) in [5.74, 6) is 0.477. The van der Waals surface area contributed by atoms with Gasteiger partial charge in [-0.3, -0.25) is 4.79 Å². The molecule has 0 spiro atoms. The average molecular weight is 265 g/mol. The topological polar surface area (TPSA) is 26.3 Å². The van der Waals surface area contributed by atoms with E-state index in [1.54, 1.807) is 0 Å². The van der Waals surface area contributed by atoms with Crippen molar-refractivity contribution in [2.75, 3.05) is 6.61 Å². The van der Waals surface area contributed by atoms with Gasteiger partial charge in [0, 0.05) is 11.4 Å². The van der Waals surface area contributed by atoms with Crippen LogP contribution < -0.4 is 0 Å². The first-order valence-electron chi connectivity index (χ1n) is 6.23. The Morgan fingerprint density at radius 3 is 3.00 bits per heavy atom. The number of esters is 1. The molecule has 2 nitrogen and oxygen atoms in total. The Hall–Kier alpha value is -1.28. The minimum absolute atomic E-state index is 0.0995. The molecule has 3 heteroatoms. The smallest absolute Gasteiger partial charge is 0.306 e. The van der Waals surface area contributed by atoms with Crippen LogP contribution in [-0.2, 0) is 9.53 Å². The van der Waals surface area contributed by atoms with E-state index >= 15 is 0 Å². The van der Waals surface area contributed by atoms with Crippen molar-refractivity contribution in [3.8, 4) is 0 Å². The maximum absolute atomic E-state index is 11.3. The number of hydrogen-bond donors (Lipinski definition) is 0. The molecule has 1 aliphatic rings. The predicted octanol–water partition coefficient (Wildman–Crippen LogP) is 4.00. The van der Waals surface area contributed by atoms with Crippen molar-refractivity contribution < 1.29 is 9.53 Å². The molecule has 1 aromatic carbocycles. The third kappa shape index (κ3) is 4.19. The van der Waals surface area contributed by atoms with Crippen molar-refractivity contribution >= 4 is 23.6 Å². The first kappa shape index (κ1) is 13.2. The van der Waals surface area contributed by atoms with E-state index in [2.05, 4.69) is 0 Å². The van der Waals surface area contributed by atoms with Crippen molar-refractivity contribution in [3.05, 3.63) is 40.4 Å². The quantitative estimate of drug-likeness (QED) is 0.752. The maximum atomic E-state index is 11.3. The third-order valence-electron chi connectivity index (χ3n) is 2.94. The summed E-state index contributed by atoms with van der Waals surface area (Å²) in [4.78, 5) is 11.3. The molecular weight excluding hydrogens is 248 g/mol. The lowest BCUT2D eigenvalue weighted by molar-refractivity contribution is -0.142. The van der Waals surface area contributed by atoms with Crippen molar-refractivity contribution in [1.29, 1.82) is 0 Å². The van der Waals surface area contributed by atoms with Gasteiger partial charge in [-0.15, -0.1) is 0 Å². The van der Waals surface area contributed by atoms with Crippen LogP contribution in [0.15, 0.2) is 24.3 Å². The number of aryl methyl sites for hydroxylation is 1. The summed E-state index contributed by atoms with van der Waals surface area (Å²) in [5.41, 5.74) is 2.11. The summed E-state index contributed by atoms with van der Waals surface area (Å²) in [6, 6.07) is 5.84. The van der Waals surface area contributed by atoms with Gasteiger partial charge < -0.3 is 4.74 Å². The second-order valence-corrected chi connectivity index (χ2v) is 5.17. The van der Waals surface area contributed by atoms with Crippen LogP contribution in [0.25, 0.3) is 6.08 Å². The van der Waals surface area contributed by atoms with E-state index in [4.69, 9.17) is 16.3 Å². The second-order valence-electron chi connectivity index (χ2n) is 4.76. The third-order valence-corrected chi connectivity index (χ3v) is 3.29. The van der Waals surface area contributed by atoms with E-state index in [0.717, 1.165) is 11.1 Å². The van der Waals surface area contributed by atoms with Crippen molar-refractivity contribution in [3.63, 3.8) is 0 Å².